The first-order valence-corrected chi connectivity index (χ1v) is 10.5. The van der Waals surface area contributed by atoms with E-state index in [1.165, 1.54) is 0 Å². The number of aromatic nitrogens is 1. The van der Waals surface area contributed by atoms with Crippen molar-refractivity contribution in [1.82, 2.24) is 4.98 Å². The molecule has 0 unspecified atom stereocenters. The SMILES string of the molecule is C[Si]OC(O[Si]C)C(C)(C)c1c[nH]c2ccc(Br)c(Cl)c12. The zero-order chi connectivity index (χ0) is 15.6. The highest BCUT2D eigenvalue weighted by atomic mass is 79.9. The average Bonchev–Trinajstić information content (AvgIpc) is 2.88. The molecule has 3 nitrogen and oxygen atoms in total. The van der Waals surface area contributed by atoms with E-state index >= 15 is 0 Å². The number of hydrogen-bond acceptors (Lipinski definition) is 2. The summed E-state index contributed by atoms with van der Waals surface area (Å²) in [7, 11) is 0.750. The molecular weight excluding hydrogens is 386 g/mol. The van der Waals surface area contributed by atoms with E-state index < -0.39 is 0 Å². The topological polar surface area (TPSA) is 34.2 Å². The van der Waals surface area contributed by atoms with Gasteiger partial charge in [0.15, 0.2) is 0 Å². The molecule has 0 saturated heterocycles. The van der Waals surface area contributed by atoms with Crippen molar-refractivity contribution >= 4 is 58.0 Å². The van der Waals surface area contributed by atoms with Gasteiger partial charge in [-0.25, -0.2) is 0 Å². The van der Waals surface area contributed by atoms with Crippen molar-refractivity contribution in [3.63, 3.8) is 0 Å². The summed E-state index contributed by atoms with van der Waals surface area (Å²) >= 11 is 9.99. The number of H-pyrrole nitrogens is 1. The van der Waals surface area contributed by atoms with Gasteiger partial charge in [0, 0.05) is 27.0 Å². The molecule has 0 fully saturated rings. The molecule has 1 aromatic carbocycles. The van der Waals surface area contributed by atoms with E-state index in [-0.39, 0.29) is 11.7 Å². The molecule has 0 bridgehead atoms. The van der Waals surface area contributed by atoms with Crippen molar-refractivity contribution in [3.05, 3.63) is 33.4 Å². The highest BCUT2D eigenvalue weighted by Gasteiger charge is 2.35. The van der Waals surface area contributed by atoms with Crippen LogP contribution >= 0.6 is 27.5 Å². The third-order valence-electron chi connectivity index (χ3n) is 3.47. The standard InChI is InChI=1S/C14H17BrClNO2Si2/c1-14(2,13(18-20-3)19-21-4)8-7-17-10-6-5-9(15)12(16)11(8)10/h5-7,13,17H,1-4H3. The minimum Gasteiger partial charge on any atom is -0.393 e. The van der Waals surface area contributed by atoms with E-state index in [1.54, 1.807) is 0 Å². The molecule has 2 aromatic rings. The quantitative estimate of drug-likeness (QED) is 0.568. The number of hydrogen-bond donors (Lipinski definition) is 1. The molecule has 21 heavy (non-hydrogen) atoms. The van der Waals surface area contributed by atoms with E-state index in [9.17, 15) is 0 Å². The van der Waals surface area contributed by atoms with Gasteiger partial charge in [-0.3, -0.25) is 0 Å². The summed E-state index contributed by atoms with van der Waals surface area (Å²) in [4.78, 5) is 3.29. The predicted octanol–water partition coefficient (Wildman–Crippen LogP) is 4.56. The maximum Gasteiger partial charge on any atom is 0.229 e. The maximum absolute atomic E-state index is 6.49. The van der Waals surface area contributed by atoms with Gasteiger partial charge in [-0.05, 0) is 46.7 Å². The average molecular weight is 403 g/mol. The van der Waals surface area contributed by atoms with Crippen LogP contribution in [0.1, 0.15) is 19.4 Å². The van der Waals surface area contributed by atoms with Crippen molar-refractivity contribution in [3.8, 4) is 0 Å². The van der Waals surface area contributed by atoms with Crippen LogP contribution in [-0.2, 0) is 14.3 Å². The van der Waals surface area contributed by atoms with Gasteiger partial charge in [0.2, 0.25) is 19.5 Å². The molecule has 4 radical (unpaired) electrons. The third-order valence-corrected chi connectivity index (χ3v) is 5.65. The van der Waals surface area contributed by atoms with E-state index in [1.807, 2.05) is 31.4 Å². The molecule has 112 valence electrons. The first-order valence-electron chi connectivity index (χ1n) is 6.53. The van der Waals surface area contributed by atoms with Crippen LogP contribution in [0.15, 0.2) is 22.8 Å². The zero-order valence-corrected chi connectivity index (χ0v) is 16.7. The normalized spacial score (nSPS) is 12.5. The van der Waals surface area contributed by atoms with Crippen LogP contribution in [0, 0.1) is 0 Å². The number of aromatic amines is 1. The first-order chi connectivity index (χ1) is 9.93. The summed E-state index contributed by atoms with van der Waals surface area (Å²) in [5, 5.41) is 1.74. The lowest BCUT2D eigenvalue weighted by Gasteiger charge is -2.34. The van der Waals surface area contributed by atoms with E-state index in [0.29, 0.717) is 24.5 Å². The van der Waals surface area contributed by atoms with Gasteiger partial charge >= 0.3 is 0 Å². The van der Waals surface area contributed by atoms with Crippen LogP contribution in [0.5, 0.6) is 0 Å². The summed E-state index contributed by atoms with van der Waals surface area (Å²) in [5.74, 6) is 0. The van der Waals surface area contributed by atoms with E-state index in [0.717, 1.165) is 20.9 Å². The second-order valence-electron chi connectivity index (χ2n) is 5.18. The summed E-state index contributed by atoms with van der Waals surface area (Å²) in [6.45, 7) is 8.25. The molecule has 0 aliphatic rings. The fourth-order valence-corrected chi connectivity index (χ4v) is 4.13. The van der Waals surface area contributed by atoms with Crippen molar-refractivity contribution in [2.45, 2.75) is 38.6 Å². The number of rotatable bonds is 6. The van der Waals surface area contributed by atoms with Crippen molar-refractivity contribution < 1.29 is 8.85 Å². The van der Waals surface area contributed by atoms with Crippen LogP contribution < -0.4 is 0 Å². The van der Waals surface area contributed by atoms with Gasteiger partial charge < -0.3 is 13.8 Å². The molecule has 0 saturated carbocycles. The monoisotopic (exact) mass is 401 g/mol. The largest absolute Gasteiger partial charge is 0.393 e. The number of nitrogens with one attached hydrogen (secondary N) is 1. The van der Waals surface area contributed by atoms with Crippen molar-refractivity contribution in [1.29, 1.82) is 0 Å². The van der Waals surface area contributed by atoms with Gasteiger partial charge in [0.1, 0.15) is 6.29 Å². The van der Waals surface area contributed by atoms with Crippen LogP contribution in [0.25, 0.3) is 10.9 Å². The summed E-state index contributed by atoms with van der Waals surface area (Å²) in [6.07, 6.45) is 1.71. The molecular formula is C14H17BrClNO2Si2. The maximum atomic E-state index is 6.49. The molecule has 0 atom stereocenters. The summed E-state index contributed by atoms with van der Waals surface area (Å²) in [6, 6.07) is 3.97. The number of fused-ring (bicyclic) bond motifs is 1. The fourth-order valence-electron chi connectivity index (χ4n) is 2.32. The lowest BCUT2D eigenvalue weighted by Crippen LogP contribution is -2.39. The molecule has 1 N–H and O–H groups in total. The molecule has 0 amide bonds. The lowest BCUT2D eigenvalue weighted by molar-refractivity contribution is -0.0428. The Morgan fingerprint density at radius 3 is 2.43 bits per heavy atom. The lowest BCUT2D eigenvalue weighted by atomic mass is 9.84. The van der Waals surface area contributed by atoms with Gasteiger partial charge in [0.25, 0.3) is 0 Å². The molecule has 7 heteroatoms. The first kappa shape index (κ1) is 17.2. The zero-order valence-electron chi connectivity index (χ0n) is 12.4. The Morgan fingerprint density at radius 1 is 1.24 bits per heavy atom. The Balaban J connectivity index is 2.55. The molecule has 1 heterocycles. The molecule has 2 rings (SSSR count). The fraction of sp³-hybridized carbons (Fsp3) is 0.429. The highest BCUT2D eigenvalue weighted by Crippen LogP contribution is 2.40. The van der Waals surface area contributed by atoms with Gasteiger partial charge in [0.05, 0.1) is 5.02 Å². The number of benzene rings is 1. The van der Waals surface area contributed by atoms with Gasteiger partial charge in [-0.15, -0.1) is 0 Å². The van der Waals surface area contributed by atoms with E-state index in [2.05, 4.69) is 34.8 Å². The molecule has 0 spiro atoms. The Labute approximate surface area is 143 Å². The van der Waals surface area contributed by atoms with Crippen LogP contribution in [0.4, 0.5) is 0 Å². The molecule has 1 aromatic heterocycles. The smallest absolute Gasteiger partial charge is 0.229 e. The third kappa shape index (κ3) is 3.30. The number of halogens is 2. The van der Waals surface area contributed by atoms with Crippen LogP contribution in [0.2, 0.25) is 18.1 Å². The van der Waals surface area contributed by atoms with Crippen LogP contribution in [0.3, 0.4) is 0 Å². The Bertz CT molecular complexity index is 627. The molecule has 0 aliphatic heterocycles. The predicted molar refractivity (Wildman–Crippen MR) is 93.2 cm³/mol. The van der Waals surface area contributed by atoms with E-state index in [4.69, 9.17) is 20.5 Å². The van der Waals surface area contributed by atoms with Crippen LogP contribution in [-0.4, -0.2) is 30.8 Å². The van der Waals surface area contributed by atoms with Gasteiger partial charge in [-0.2, -0.15) is 0 Å². The highest BCUT2D eigenvalue weighted by molar-refractivity contribution is 9.10. The summed E-state index contributed by atoms with van der Waals surface area (Å²) in [5.41, 5.74) is 1.81. The van der Waals surface area contributed by atoms with Gasteiger partial charge in [-0.1, -0.05) is 25.4 Å². The minimum atomic E-state index is -0.311. The van der Waals surface area contributed by atoms with Crippen molar-refractivity contribution in [2.75, 3.05) is 0 Å². The Kier molecular flexibility index (Phi) is 5.73. The Morgan fingerprint density at radius 2 is 1.86 bits per heavy atom. The summed E-state index contributed by atoms with van der Waals surface area (Å²) < 4.78 is 12.6. The second-order valence-corrected chi connectivity index (χ2v) is 7.70. The molecule has 0 aliphatic carbocycles. The van der Waals surface area contributed by atoms with Crippen molar-refractivity contribution in [2.24, 2.45) is 0 Å². The minimum absolute atomic E-state index is 0.293. The second kappa shape index (κ2) is 6.97. The Hall–Kier alpha value is -0.116.